The zero-order chi connectivity index (χ0) is 12.8. The van der Waals surface area contributed by atoms with E-state index >= 15 is 0 Å². The lowest BCUT2D eigenvalue weighted by Gasteiger charge is -2.18. The predicted molar refractivity (Wildman–Crippen MR) is 70.1 cm³/mol. The molecule has 0 aromatic carbocycles. The summed E-state index contributed by atoms with van der Waals surface area (Å²) in [5, 5.41) is 11.2. The molecule has 2 aromatic heterocycles. The van der Waals surface area contributed by atoms with Crippen LogP contribution in [0.25, 0.3) is 0 Å². The van der Waals surface area contributed by atoms with Crippen molar-refractivity contribution in [1.82, 2.24) is 25.1 Å². The van der Waals surface area contributed by atoms with E-state index in [1.807, 2.05) is 18.5 Å². The van der Waals surface area contributed by atoms with E-state index in [4.69, 9.17) is 0 Å². The summed E-state index contributed by atoms with van der Waals surface area (Å²) in [4.78, 5) is 4.48. The minimum absolute atomic E-state index is 0.0760. The van der Waals surface area contributed by atoms with Crippen LogP contribution in [-0.2, 0) is 6.54 Å². The van der Waals surface area contributed by atoms with Gasteiger partial charge in [0.05, 0.1) is 12.2 Å². The number of hydrogen-bond acceptors (Lipinski definition) is 4. The summed E-state index contributed by atoms with van der Waals surface area (Å²) in [6.07, 6.45) is 8.48. The Morgan fingerprint density at radius 2 is 2.17 bits per heavy atom. The molecule has 0 spiro atoms. The highest BCUT2D eigenvalue weighted by atomic mass is 15.1. The molecule has 18 heavy (non-hydrogen) atoms. The van der Waals surface area contributed by atoms with E-state index < -0.39 is 0 Å². The minimum atomic E-state index is 0.0760. The number of nitrogens with zero attached hydrogens (tertiary/aromatic N) is 4. The number of hydrogen-bond donors (Lipinski definition) is 1. The number of aryl methyl sites for hydroxylation is 1. The van der Waals surface area contributed by atoms with Crippen LogP contribution in [0.5, 0.6) is 0 Å². The van der Waals surface area contributed by atoms with Gasteiger partial charge in [0.15, 0.2) is 0 Å². The Hall–Kier alpha value is -1.75. The standard InChI is InChI=1S/C13H19N5/c1-3-8-18-9-7-15-13(18)12(14-4-2)11-5-6-16-17-10-11/h5-7,9-10,12,14H,3-4,8H2,1-2H3. The second-order valence-electron chi connectivity index (χ2n) is 4.15. The predicted octanol–water partition coefficient (Wildman–Crippen LogP) is 1.78. The first-order valence-electron chi connectivity index (χ1n) is 6.37. The summed E-state index contributed by atoms with van der Waals surface area (Å²) >= 11 is 0. The lowest BCUT2D eigenvalue weighted by Crippen LogP contribution is -2.25. The molecule has 1 unspecified atom stereocenters. The fourth-order valence-corrected chi connectivity index (χ4v) is 2.05. The van der Waals surface area contributed by atoms with E-state index in [0.29, 0.717) is 0 Å². The fraction of sp³-hybridized carbons (Fsp3) is 0.462. The van der Waals surface area contributed by atoms with Crippen molar-refractivity contribution in [3.05, 3.63) is 42.2 Å². The quantitative estimate of drug-likeness (QED) is 0.843. The smallest absolute Gasteiger partial charge is 0.130 e. The lowest BCUT2D eigenvalue weighted by atomic mass is 10.1. The average Bonchev–Trinajstić information content (AvgIpc) is 2.85. The van der Waals surface area contributed by atoms with Gasteiger partial charge in [-0.2, -0.15) is 10.2 Å². The van der Waals surface area contributed by atoms with E-state index in [9.17, 15) is 0 Å². The van der Waals surface area contributed by atoms with Gasteiger partial charge in [0, 0.05) is 25.1 Å². The molecule has 1 atom stereocenters. The van der Waals surface area contributed by atoms with Crippen molar-refractivity contribution in [3.63, 3.8) is 0 Å². The van der Waals surface area contributed by atoms with Crippen LogP contribution in [-0.4, -0.2) is 26.3 Å². The molecule has 2 heterocycles. The maximum absolute atomic E-state index is 4.48. The Balaban J connectivity index is 2.32. The third-order valence-electron chi connectivity index (χ3n) is 2.82. The molecule has 0 aliphatic carbocycles. The Kier molecular flexibility index (Phi) is 4.41. The number of imidazole rings is 1. The molecule has 0 radical (unpaired) electrons. The van der Waals surface area contributed by atoms with Crippen LogP contribution in [0.3, 0.4) is 0 Å². The van der Waals surface area contributed by atoms with Crippen molar-refractivity contribution in [2.75, 3.05) is 6.54 Å². The van der Waals surface area contributed by atoms with Crippen molar-refractivity contribution in [2.45, 2.75) is 32.9 Å². The van der Waals surface area contributed by atoms with E-state index in [1.165, 1.54) is 0 Å². The summed E-state index contributed by atoms with van der Waals surface area (Å²) in [6, 6.07) is 2.05. The van der Waals surface area contributed by atoms with Crippen molar-refractivity contribution in [1.29, 1.82) is 0 Å². The molecule has 5 heteroatoms. The molecule has 0 amide bonds. The SMILES string of the molecule is CCCn1ccnc1C(NCC)c1ccnnc1. The molecule has 2 rings (SSSR count). The van der Waals surface area contributed by atoms with Crippen LogP contribution in [0.15, 0.2) is 30.9 Å². The van der Waals surface area contributed by atoms with Gasteiger partial charge < -0.3 is 9.88 Å². The second-order valence-corrected chi connectivity index (χ2v) is 4.15. The fourth-order valence-electron chi connectivity index (χ4n) is 2.05. The highest BCUT2D eigenvalue weighted by Gasteiger charge is 2.18. The lowest BCUT2D eigenvalue weighted by molar-refractivity contribution is 0.542. The molecule has 1 N–H and O–H groups in total. The molecule has 0 saturated heterocycles. The number of aromatic nitrogens is 4. The summed E-state index contributed by atoms with van der Waals surface area (Å²) in [5.74, 6) is 1.03. The Morgan fingerprint density at radius 3 is 2.83 bits per heavy atom. The third-order valence-corrected chi connectivity index (χ3v) is 2.82. The molecule has 0 saturated carbocycles. The average molecular weight is 245 g/mol. The molecule has 5 nitrogen and oxygen atoms in total. The topological polar surface area (TPSA) is 55.6 Å². The van der Waals surface area contributed by atoms with Gasteiger partial charge >= 0.3 is 0 Å². The largest absolute Gasteiger partial charge is 0.333 e. The maximum atomic E-state index is 4.48. The molecule has 2 aromatic rings. The Labute approximate surface area is 107 Å². The van der Waals surface area contributed by atoms with Crippen LogP contribution in [0, 0.1) is 0 Å². The minimum Gasteiger partial charge on any atom is -0.333 e. The molecule has 0 bridgehead atoms. The van der Waals surface area contributed by atoms with Gasteiger partial charge in [-0.1, -0.05) is 13.8 Å². The molecule has 0 aliphatic heterocycles. The summed E-state index contributed by atoms with van der Waals surface area (Å²) in [6.45, 7) is 6.12. The summed E-state index contributed by atoms with van der Waals surface area (Å²) in [5.41, 5.74) is 1.09. The van der Waals surface area contributed by atoms with Crippen LogP contribution >= 0.6 is 0 Å². The van der Waals surface area contributed by atoms with Gasteiger partial charge in [0.2, 0.25) is 0 Å². The van der Waals surface area contributed by atoms with Gasteiger partial charge in [-0.15, -0.1) is 0 Å². The third kappa shape index (κ3) is 2.73. The monoisotopic (exact) mass is 245 g/mol. The molecule has 0 aliphatic rings. The van der Waals surface area contributed by atoms with E-state index in [-0.39, 0.29) is 6.04 Å². The molecule has 0 fully saturated rings. The molecular formula is C13H19N5. The zero-order valence-corrected chi connectivity index (χ0v) is 10.9. The Bertz CT molecular complexity index is 465. The highest BCUT2D eigenvalue weighted by molar-refractivity contribution is 5.20. The number of nitrogens with one attached hydrogen (secondary N) is 1. The first-order valence-corrected chi connectivity index (χ1v) is 6.37. The number of rotatable bonds is 6. The van der Waals surface area contributed by atoms with Gasteiger partial charge in [0.25, 0.3) is 0 Å². The molecule has 96 valence electrons. The first-order chi connectivity index (χ1) is 8.86. The van der Waals surface area contributed by atoms with Crippen LogP contribution in [0.2, 0.25) is 0 Å². The van der Waals surface area contributed by atoms with Gasteiger partial charge in [-0.3, -0.25) is 0 Å². The van der Waals surface area contributed by atoms with Gasteiger partial charge in [-0.25, -0.2) is 4.98 Å². The van der Waals surface area contributed by atoms with Crippen molar-refractivity contribution < 1.29 is 0 Å². The Morgan fingerprint density at radius 1 is 1.28 bits per heavy atom. The first kappa shape index (κ1) is 12.7. The summed E-state index contributed by atoms with van der Waals surface area (Å²) < 4.78 is 2.19. The van der Waals surface area contributed by atoms with Crippen molar-refractivity contribution >= 4 is 0 Å². The zero-order valence-electron chi connectivity index (χ0n) is 10.9. The molecular weight excluding hydrogens is 226 g/mol. The van der Waals surface area contributed by atoms with Crippen LogP contribution in [0.1, 0.15) is 37.7 Å². The van der Waals surface area contributed by atoms with Crippen LogP contribution in [0.4, 0.5) is 0 Å². The highest BCUT2D eigenvalue weighted by Crippen LogP contribution is 2.19. The second kappa shape index (κ2) is 6.26. The van der Waals surface area contributed by atoms with Crippen molar-refractivity contribution in [2.24, 2.45) is 0 Å². The normalized spacial score (nSPS) is 12.6. The van der Waals surface area contributed by atoms with Crippen LogP contribution < -0.4 is 5.32 Å². The van der Waals surface area contributed by atoms with Gasteiger partial charge in [-0.05, 0) is 24.6 Å². The van der Waals surface area contributed by atoms with E-state index in [0.717, 1.165) is 30.9 Å². The van der Waals surface area contributed by atoms with E-state index in [2.05, 4.69) is 38.9 Å². The van der Waals surface area contributed by atoms with E-state index in [1.54, 1.807) is 12.4 Å². The van der Waals surface area contributed by atoms with Gasteiger partial charge in [0.1, 0.15) is 5.82 Å². The summed E-state index contributed by atoms with van der Waals surface area (Å²) in [7, 11) is 0. The van der Waals surface area contributed by atoms with Crippen molar-refractivity contribution in [3.8, 4) is 0 Å². The maximum Gasteiger partial charge on any atom is 0.130 e.